The first-order chi connectivity index (χ1) is 24.3. The third-order valence-corrected chi connectivity index (χ3v) is 13.3. The van der Waals surface area contributed by atoms with Crippen LogP contribution in [-0.2, 0) is 10.8 Å². The third-order valence-electron chi connectivity index (χ3n) is 10.4. The van der Waals surface area contributed by atoms with Crippen LogP contribution in [0.5, 0.6) is 0 Å². The number of hydrogen-bond donors (Lipinski definition) is 4. The predicted octanol–water partition coefficient (Wildman–Crippen LogP) is 11.7. The third kappa shape index (κ3) is 6.01. The Bertz CT molecular complexity index is 2270. The van der Waals surface area contributed by atoms with E-state index in [-0.39, 0.29) is 16.9 Å². The first-order valence-electron chi connectivity index (χ1n) is 18.2. The van der Waals surface area contributed by atoms with Gasteiger partial charge < -0.3 is 5.32 Å². The van der Waals surface area contributed by atoms with Gasteiger partial charge in [0.15, 0.2) is 0 Å². The number of nitrogens with one attached hydrogen (secondary N) is 4. The molecule has 4 aromatic carbocycles. The first kappa shape index (κ1) is 34.9. The van der Waals surface area contributed by atoms with Crippen LogP contribution in [0.15, 0.2) is 126 Å². The molecule has 51 heavy (non-hydrogen) atoms. The minimum Gasteiger partial charge on any atom is -0.388 e. The quantitative estimate of drug-likeness (QED) is 0.138. The Kier molecular flexibility index (Phi) is 8.81. The van der Waals surface area contributed by atoms with Crippen molar-refractivity contribution in [1.29, 1.82) is 0 Å². The average Bonchev–Trinajstić information content (AvgIpc) is 3.45. The molecule has 0 bridgehead atoms. The number of hydrogen-bond acceptors (Lipinski definition) is 4. The van der Waals surface area contributed by atoms with Crippen LogP contribution in [-0.4, -0.2) is 11.4 Å². The molecule has 0 fully saturated rings. The predicted molar refractivity (Wildman–Crippen MR) is 222 cm³/mol. The molecule has 2 unspecified atom stereocenters. The average molecular weight is 695 g/mol. The van der Waals surface area contributed by atoms with Crippen LogP contribution >= 0.6 is 7.87 Å². The van der Waals surface area contributed by atoms with Gasteiger partial charge in [-0.15, -0.1) is 5.09 Å². The van der Waals surface area contributed by atoms with Crippen molar-refractivity contribution in [3.8, 4) is 0 Å². The van der Waals surface area contributed by atoms with E-state index in [9.17, 15) is 0 Å². The van der Waals surface area contributed by atoms with Crippen molar-refractivity contribution in [3.63, 3.8) is 0 Å². The number of aromatic nitrogens is 1. The maximum absolute atomic E-state index is 4.33. The van der Waals surface area contributed by atoms with Crippen LogP contribution in [0.1, 0.15) is 96.2 Å². The van der Waals surface area contributed by atoms with Gasteiger partial charge in [0.05, 0.1) is 22.4 Å². The summed E-state index contributed by atoms with van der Waals surface area (Å²) in [6.07, 6.45) is 8.88. The maximum atomic E-state index is 4.33. The zero-order chi connectivity index (χ0) is 36.3. The fourth-order valence-corrected chi connectivity index (χ4v) is 11.0. The molecule has 4 N–H and O–H groups in total. The lowest BCUT2D eigenvalue weighted by Gasteiger charge is -2.41. The van der Waals surface area contributed by atoms with E-state index in [2.05, 4.69) is 196 Å². The summed E-state index contributed by atoms with van der Waals surface area (Å²) in [4.78, 5) is 0. The van der Waals surface area contributed by atoms with E-state index in [1.54, 1.807) is 0 Å². The lowest BCUT2D eigenvalue weighted by atomic mass is 9.82. The van der Waals surface area contributed by atoms with Crippen molar-refractivity contribution in [2.75, 3.05) is 12.4 Å². The molecule has 0 saturated heterocycles. The fourth-order valence-electron chi connectivity index (χ4n) is 7.66. The minimum absolute atomic E-state index is 0.0187. The maximum Gasteiger partial charge on any atom is 0.378 e. The van der Waals surface area contributed by atoms with Gasteiger partial charge >= 0.3 is 7.87 Å². The summed E-state index contributed by atoms with van der Waals surface area (Å²) < 4.78 is 2.60. The van der Waals surface area contributed by atoms with Crippen LogP contribution in [0.4, 0.5) is 5.69 Å². The molecule has 0 saturated carbocycles. The first-order valence-corrected chi connectivity index (χ1v) is 19.9. The van der Waals surface area contributed by atoms with Crippen LogP contribution < -0.4 is 20.6 Å². The fraction of sp³-hybridized carbons (Fsp3) is 0.289. The summed E-state index contributed by atoms with van der Waals surface area (Å²) in [6.45, 7) is 20.3. The van der Waals surface area contributed by atoms with Gasteiger partial charge in [-0.05, 0) is 84.2 Å². The van der Waals surface area contributed by atoms with Gasteiger partial charge in [-0.25, -0.2) is 10.2 Å². The molecule has 6 heteroatoms. The number of benzene rings is 4. The summed E-state index contributed by atoms with van der Waals surface area (Å²) in [6, 6.07) is 31.4. The zero-order valence-electron chi connectivity index (χ0n) is 31.9. The monoisotopic (exact) mass is 694 g/mol. The molecule has 1 aromatic heterocycles. The number of nitrogens with zero attached hydrogens (tertiary/aromatic N) is 1. The zero-order valence-corrected chi connectivity index (χ0v) is 32.8. The topological polar surface area (TPSA) is 53.0 Å². The van der Waals surface area contributed by atoms with Gasteiger partial charge in [0, 0.05) is 40.2 Å². The van der Waals surface area contributed by atoms with Crippen molar-refractivity contribution >= 4 is 40.9 Å². The summed E-state index contributed by atoms with van der Waals surface area (Å²) >= 11 is 0. The Morgan fingerprint density at radius 1 is 0.784 bits per heavy atom. The molecule has 2 aliphatic rings. The highest BCUT2D eigenvalue weighted by Gasteiger charge is 2.54. The molecule has 1 spiro atoms. The van der Waals surface area contributed by atoms with Gasteiger partial charge in [0.25, 0.3) is 0 Å². The second kappa shape index (κ2) is 12.9. The van der Waals surface area contributed by atoms with E-state index in [1.165, 1.54) is 55.2 Å². The van der Waals surface area contributed by atoms with E-state index in [0.717, 1.165) is 22.7 Å². The van der Waals surface area contributed by atoms with Crippen molar-refractivity contribution in [2.45, 2.75) is 79.2 Å². The second-order valence-electron chi connectivity index (χ2n) is 16.0. The van der Waals surface area contributed by atoms with E-state index in [4.69, 9.17) is 0 Å². The molecule has 2 atom stereocenters. The van der Waals surface area contributed by atoms with E-state index < -0.39 is 7.87 Å². The van der Waals surface area contributed by atoms with Gasteiger partial charge in [0.1, 0.15) is 6.04 Å². The molecule has 3 heterocycles. The molecule has 0 amide bonds. The van der Waals surface area contributed by atoms with Crippen LogP contribution in [0.3, 0.4) is 0 Å². The smallest absolute Gasteiger partial charge is 0.378 e. The van der Waals surface area contributed by atoms with Gasteiger partial charge in [-0.3, -0.25) is 0 Å². The number of rotatable bonds is 5. The van der Waals surface area contributed by atoms with Crippen LogP contribution in [0, 0.1) is 0 Å². The van der Waals surface area contributed by atoms with Crippen molar-refractivity contribution in [1.82, 2.24) is 19.6 Å². The standard InChI is InChI=1S/C45H53N5P/c1-11-18-34-29(3)47-51(48-40(34)25-30(12-2)31-19-14-13-15-20-31)49-42(35-21-16-17-22-39(35)46-10)38-28-33(45(7,8)9)27-37-36-26-32(44(4,5)6)23-24-41(36)50(51)43(37)38/h11-28,42,46-49H,1-10H3/q+1/b18-11-,30-12+,40-25-. The number of anilines is 1. The molecule has 262 valence electrons. The lowest BCUT2D eigenvalue weighted by Crippen LogP contribution is -2.47. The van der Waals surface area contributed by atoms with E-state index in [0.29, 0.717) is 0 Å². The lowest BCUT2D eigenvalue weighted by molar-refractivity contribution is 0.588. The molecule has 7 rings (SSSR count). The summed E-state index contributed by atoms with van der Waals surface area (Å²) in [5, 5.41) is 18.8. The van der Waals surface area contributed by atoms with Crippen molar-refractivity contribution < 1.29 is 0 Å². The number of allylic oxidation sites excluding steroid dienone is 6. The molecule has 0 radical (unpaired) electrons. The molecular weight excluding hydrogens is 642 g/mol. The Labute approximate surface area is 305 Å². The number of para-hydroxylation sites is 1. The minimum atomic E-state index is -2.63. The van der Waals surface area contributed by atoms with Gasteiger partial charge in [-0.2, -0.15) is 4.34 Å². The summed E-state index contributed by atoms with van der Waals surface area (Å²) in [5.74, 6) is 0. The van der Waals surface area contributed by atoms with Crippen molar-refractivity contribution in [2.24, 2.45) is 0 Å². The van der Waals surface area contributed by atoms with E-state index >= 15 is 0 Å². The Morgan fingerprint density at radius 2 is 1.47 bits per heavy atom. The molecule has 5 aromatic rings. The highest BCUT2D eigenvalue weighted by Crippen LogP contribution is 2.63. The van der Waals surface area contributed by atoms with Gasteiger partial charge in [-0.1, -0.05) is 120 Å². The van der Waals surface area contributed by atoms with Gasteiger partial charge in [0.2, 0.25) is 0 Å². The molecule has 0 aliphatic carbocycles. The Morgan fingerprint density at radius 3 is 2.14 bits per heavy atom. The largest absolute Gasteiger partial charge is 0.388 e. The summed E-state index contributed by atoms with van der Waals surface area (Å²) in [7, 11) is -0.611. The Balaban J connectivity index is 1.60. The Hall–Kier alpha value is -4.57. The molecular formula is C45H53N5P+. The highest BCUT2D eigenvalue weighted by molar-refractivity contribution is 7.69. The van der Waals surface area contributed by atoms with E-state index in [1.807, 2.05) is 7.05 Å². The van der Waals surface area contributed by atoms with Crippen molar-refractivity contribution in [3.05, 3.63) is 154 Å². The number of fused-ring (bicyclic) bond motifs is 4. The second-order valence-corrected chi connectivity index (χ2v) is 18.3. The SMILES string of the molecule is C/C=C\C1=C(C)N[P+]2(N/C1=C\C(=C/C)c1ccccc1)NC(c1ccccc1NC)c1cc(C(C)(C)C)cc3c4cc(C(C)(C)C)ccc4n2c13. The van der Waals surface area contributed by atoms with Crippen LogP contribution in [0.2, 0.25) is 0 Å². The highest BCUT2D eigenvalue weighted by atomic mass is 31.2. The normalized spacial score (nSPS) is 20.5. The van der Waals surface area contributed by atoms with Crippen LogP contribution in [0.25, 0.3) is 27.4 Å². The molecule has 2 aliphatic heterocycles. The summed E-state index contributed by atoms with van der Waals surface area (Å²) in [5.41, 5.74) is 14.6. The molecule has 5 nitrogen and oxygen atoms in total.